The summed E-state index contributed by atoms with van der Waals surface area (Å²) in [7, 11) is 0. The van der Waals surface area contributed by atoms with Crippen LogP contribution in [0.3, 0.4) is 0 Å². The minimum atomic E-state index is -1.03. The molecule has 2 rings (SSSR count). The van der Waals surface area contributed by atoms with Gasteiger partial charge in [0, 0.05) is 24.5 Å². The largest absolute Gasteiger partial charge is 0.388 e. The van der Waals surface area contributed by atoms with Crippen LogP contribution in [0.2, 0.25) is 0 Å². The summed E-state index contributed by atoms with van der Waals surface area (Å²) in [6, 6.07) is 1.86. The van der Waals surface area contributed by atoms with Crippen LogP contribution in [0.25, 0.3) is 11.4 Å². The van der Waals surface area contributed by atoms with Gasteiger partial charge in [-0.1, -0.05) is 12.1 Å². The van der Waals surface area contributed by atoms with Gasteiger partial charge in [-0.05, 0) is 25.0 Å². The lowest BCUT2D eigenvalue weighted by Gasteiger charge is -2.17. The van der Waals surface area contributed by atoms with Gasteiger partial charge < -0.3 is 15.4 Å². The van der Waals surface area contributed by atoms with E-state index in [1.165, 1.54) is 0 Å². The van der Waals surface area contributed by atoms with Gasteiger partial charge in [-0.3, -0.25) is 4.98 Å². The minimum absolute atomic E-state index is 0.139. The summed E-state index contributed by atoms with van der Waals surface area (Å²) in [6.07, 6.45) is 4.57. The third-order valence-electron chi connectivity index (χ3n) is 2.97. The van der Waals surface area contributed by atoms with E-state index < -0.39 is 5.60 Å². The summed E-state index contributed by atoms with van der Waals surface area (Å²) in [5.41, 5.74) is 6.40. The first-order valence-corrected chi connectivity index (χ1v) is 6.24. The second-order valence-corrected chi connectivity index (χ2v) is 4.78. The third kappa shape index (κ3) is 3.15. The Labute approximate surface area is 111 Å². The number of hydrogen-bond acceptors (Lipinski definition) is 6. The lowest BCUT2D eigenvalue weighted by molar-refractivity contribution is 0.0610. The third-order valence-corrected chi connectivity index (χ3v) is 2.97. The van der Waals surface area contributed by atoms with Gasteiger partial charge >= 0.3 is 0 Å². The van der Waals surface area contributed by atoms with Crippen molar-refractivity contribution in [1.82, 2.24) is 15.1 Å². The fourth-order valence-corrected chi connectivity index (χ4v) is 1.76. The van der Waals surface area contributed by atoms with Gasteiger partial charge in [-0.2, -0.15) is 4.98 Å². The number of pyridine rings is 1. The van der Waals surface area contributed by atoms with Crippen LogP contribution >= 0.6 is 0 Å². The highest BCUT2D eigenvalue weighted by Gasteiger charge is 2.23. The molecule has 0 fully saturated rings. The van der Waals surface area contributed by atoms with E-state index in [2.05, 4.69) is 15.1 Å². The Morgan fingerprint density at radius 3 is 2.95 bits per heavy atom. The molecule has 6 nitrogen and oxygen atoms in total. The van der Waals surface area contributed by atoms with Crippen LogP contribution in [0.15, 0.2) is 23.0 Å². The highest BCUT2D eigenvalue weighted by atomic mass is 16.5. The Morgan fingerprint density at radius 1 is 1.47 bits per heavy atom. The number of aromatic nitrogens is 3. The lowest BCUT2D eigenvalue weighted by Crippen LogP contribution is -2.36. The molecule has 3 N–H and O–H groups in total. The van der Waals surface area contributed by atoms with E-state index in [4.69, 9.17) is 10.3 Å². The molecule has 102 valence electrons. The number of nitrogens with two attached hydrogens (primary N) is 1. The van der Waals surface area contributed by atoms with Crippen LogP contribution < -0.4 is 5.73 Å². The second kappa shape index (κ2) is 5.46. The first-order valence-electron chi connectivity index (χ1n) is 6.24. The summed E-state index contributed by atoms with van der Waals surface area (Å²) in [6.45, 7) is 3.82. The van der Waals surface area contributed by atoms with E-state index in [1.807, 2.05) is 13.0 Å². The van der Waals surface area contributed by atoms with Crippen LogP contribution in [0.1, 0.15) is 25.3 Å². The molecule has 0 radical (unpaired) electrons. The SMILES string of the molecule is CCc1cnccc1-c1noc(CC(C)(O)CN)n1. The van der Waals surface area contributed by atoms with Crippen molar-refractivity contribution < 1.29 is 9.63 Å². The maximum Gasteiger partial charge on any atom is 0.229 e. The maximum atomic E-state index is 9.89. The summed E-state index contributed by atoms with van der Waals surface area (Å²) < 4.78 is 5.16. The molecule has 0 amide bonds. The lowest BCUT2D eigenvalue weighted by atomic mass is 10.0. The zero-order valence-corrected chi connectivity index (χ0v) is 11.1. The van der Waals surface area contributed by atoms with Gasteiger partial charge in [0.2, 0.25) is 11.7 Å². The Hall–Kier alpha value is -1.79. The fraction of sp³-hybridized carbons (Fsp3) is 0.462. The van der Waals surface area contributed by atoms with E-state index in [1.54, 1.807) is 19.3 Å². The molecule has 0 bridgehead atoms. The van der Waals surface area contributed by atoms with Crippen LogP contribution in [0.4, 0.5) is 0 Å². The van der Waals surface area contributed by atoms with Gasteiger partial charge in [0.05, 0.1) is 12.0 Å². The molecule has 1 atom stereocenters. The first kappa shape index (κ1) is 13.6. The van der Waals surface area contributed by atoms with E-state index >= 15 is 0 Å². The van der Waals surface area contributed by atoms with Crippen LogP contribution in [-0.2, 0) is 12.8 Å². The molecule has 19 heavy (non-hydrogen) atoms. The number of aliphatic hydroxyl groups is 1. The normalized spacial score (nSPS) is 14.3. The number of rotatable bonds is 5. The Kier molecular flexibility index (Phi) is 3.92. The van der Waals surface area contributed by atoms with E-state index in [9.17, 15) is 5.11 Å². The van der Waals surface area contributed by atoms with Crippen molar-refractivity contribution in [2.24, 2.45) is 5.73 Å². The van der Waals surface area contributed by atoms with E-state index in [-0.39, 0.29) is 13.0 Å². The molecular weight excluding hydrogens is 244 g/mol. The first-order chi connectivity index (χ1) is 9.05. The summed E-state index contributed by atoms with van der Waals surface area (Å²) >= 11 is 0. The predicted octanol–water partition coefficient (Wildman–Crippen LogP) is 0.946. The van der Waals surface area contributed by atoms with Crippen molar-refractivity contribution in [1.29, 1.82) is 0 Å². The van der Waals surface area contributed by atoms with Crippen molar-refractivity contribution in [2.75, 3.05) is 6.54 Å². The Morgan fingerprint density at radius 2 is 2.26 bits per heavy atom. The van der Waals surface area contributed by atoms with E-state index in [0.29, 0.717) is 11.7 Å². The van der Waals surface area contributed by atoms with Crippen LogP contribution in [-0.4, -0.2) is 32.4 Å². The zero-order valence-electron chi connectivity index (χ0n) is 11.1. The summed E-state index contributed by atoms with van der Waals surface area (Å²) in [4.78, 5) is 8.38. The predicted molar refractivity (Wildman–Crippen MR) is 70.3 cm³/mol. The monoisotopic (exact) mass is 262 g/mol. The highest BCUT2D eigenvalue weighted by Crippen LogP contribution is 2.21. The van der Waals surface area contributed by atoms with Gasteiger partial charge in [0.15, 0.2) is 0 Å². The smallest absolute Gasteiger partial charge is 0.229 e. The molecule has 0 aliphatic rings. The van der Waals surface area contributed by atoms with Crippen molar-refractivity contribution in [2.45, 2.75) is 32.3 Å². The van der Waals surface area contributed by atoms with Crippen LogP contribution in [0, 0.1) is 0 Å². The maximum absolute atomic E-state index is 9.89. The molecule has 2 heterocycles. The molecule has 1 unspecified atom stereocenters. The number of aryl methyl sites for hydroxylation is 1. The molecular formula is C13H18N4O2. The molecule has 0 aromatic carbocycles. The average Bonchev–Trinajstić information content (AvgIpc) is 2.86. The minimum Gasteiger partial charge on any atom is -0.388 e. The van der Waals surface area contributed by atoms with Gasteiger partial charge in [0.25, 0.3) is 0 Å². The second-order valence-electron chi connectivity index (χ2n) is 4.78. The number of hydrogen-bond donors (Lipinski definition) is 2. The molecule has 2 aromatic heterocycles. The summed E-state index contributed by atoms with van der Waals surface area (Å²) in [5, 5.41) is 13.8. The highest BCUT2D eigenvalue weighted by molar-refractivity contribution is 5.58. The molecule has 2 aromatic rings. The Bertz CT molecular complexity index is 551. The van der Waals surface area contributed by atoms with Crippen molar-refractivity contribution in [3.05, 3.63) is 29.9 Å². The molecule has 0 aliphatic heterocycles. The van der Waals surface area contributed by atoms with Crippen molar-refractivity contribution in [3.63, 3.8) is 0 Å². The molecule has 0 aliphatic carbocycles. The Balaban J connectivity index is 2.26. The van der Waals surface area contributed by atoms with E-state index in [0.717, 1.165) is 17.5 Å². The standard InChI is InChI=1S/C13H18N4O2/c1-3-9-7-15-5-4-10(9)12-16-11(19-17-12)6-13(2,18)8-14/h4-5,7,18H,3,6,8,14H2,1-2H3. The fourth-order valence-electron chi connectivity index (χ4n) is 1.76. The van der Waals surface area contributed by atoms with Crippen molar-refractivity contribution >= 4 is 0 Å². The zero-order chi connectivity index (χ0) is 13.9. The molecule has 6 heteroatoms. The van der Waals surface area contributed by atoms with Gasteiger partial charge in [-0.25, -0.2) is 0 Å². The quantitative estimate of drug-likeness (QED) is 0.832. The molecule has 0 saturated carbocycles. The van der Waals surface area contributed by atoms with Crippen LogP contribution in [0.5, 0.6) is 0 Å². The van der Waals surface area contributed by atoms with Crippen molar-refractivity contribution in [3.8, 4) is 11.4 Å². The topological polar surface area (TPSA) is 98.1 Å². The van der Waals surface area contributed by atoms with Gasteiger partial charge in [0.1, 0.15) is 0 Å². The molecule has 0 saturated heterocycles. The number of nitrogens with zero attached hydrogens (tertiary/aromatic N) is 3. The average molecular weight is 262 g/mol. The molecule has 0 spiro atoms. The summed E-state index contributed by atoms with van der Waals surface area (Å²) in [5.74, 6) is 0.895. The van der Waals surface area contributed by atoms with Gasteiger partial charge in [-0.15, -0.1) is 0 Å².